The number of rotatable bonds is 49. The zero-order valence-corrected chi connectivity index (χ0v) is 46.3. The van der Waals surface area contributed by atoms with E-state index in [4.69, 9.17) is 14.2 Å². The molecule has 0 radical (unpaired) electrons. The standard InChI is InChI=1S/C67H102O6/c1-4-7-10-13-16-19-22-25-27-29-30-31-32-33-34-35-36-38-39-42-45-48-51-54-57-60-66(69)72-63-64(62-71-65(68)59-56-53-50-47-44-41-24-21-18-15-12-9-6-3)73-67(70)61-58-55-52-49-46-43-40-37-28-26-23-20-17-14-11-8-5-2/h7-12,16-21,25-28,30-31,33-34,36,38,40-41,43-44,50,53,64H,4-6,13-15,22-24,29,32,35,37,39,42,45-49,51-52,54-63H2,1-3H3/b10-7-,11-8-,12-9-,19-16-,20-17-,21-18-,27-25-,28-26-,31-30-,34-33-,38-36-,43-40-,44-41-,53-50-. The van der Waals surface area contributed by atoms with E-state index in [1.165, 1.54) is 12.8 Å². The molecule has 0 amide bonds. The van der Waals surface area contributed by atoms with Crippen molar-refractivity contribution in [1.29, 1.82) is 0 Å². The highest BCUT2D eigenvalue weighted by Crippen LogP contribution is 2.12. The smallest absolute Gasteiger partial charge is 0.306 e. The van der Waals surface area contributed by atoms with Crippen molar-refractivity contribution < 1.29 is 28.6 Å². The van der Waals surface area contributed by atoms with Crippen LogP contribution in [0.25, 0.3) is 0 Å². The van der Waals surface area contributed by atoms with Crippen molar-refractivity contribution in [2.45, 2.75) is 219 Å². The Kier molecular flexibility index (Phi) is 55.1. The number of hydrogen-bond donors (Lipinski definition) is 0. The van der Waals surface area contributed by atoms with Gasteiger partial charge < -0.3 is 14.2 Å². The summed E-state index contributed by atoms with van der Waals surface area (Å²) in [6.45, 7) is 6.17. The molecule has 0 aliphatic heterocycles. The van der Waals surface area contributed by atoms with E-state index in [1.807, 2.05) is 12.2 Å². The van der Waals surface area contributed by atoms with Crippen molar-refractivity contribution in [1.82, 2.24) is 0 Å². The van der Waals surface area contributed by atoms with Gasteiger partial charge in [0.15, 0.2) is 6.10 Å². The molecule has 0 aliphatic rings. The Morgan fingerprint density at radius 2 is 0.521 bits per heavy atom. The number of unbranched alkanes of at least 4 members (excludes halogenated alkanes) is 10. The van der Waals surface area contributed by atoms with Crippen molar-refractivity contribution in [3.05, 3.63) is 170 Å². The van der Waals surface area contributed by atoms with Gasteiger partial charge in [-0.15, -0.1) is 0 Å². The summed E-state index contributed by atoms with van der Waals surface area (Å²) in [4.78, 5) is 38.1. The Bertz CT molecular complexity index is 1720. The van der Waals surface area contributed by atoms with Gasteiger partial charge in [0.2, 0.25) is 0 Å². The summed E-state index contributed by atoms with van der Waals surface area (Å²) in [6.07, 6.45) is 87.9. The van der Waals surface area contributed by atoms with Crippen LogP contribution in [0.15, 0.2) is 170 Å². The number of allylic oxidation sites excluding steroid dienone is 28. The Labute approximate surface area is 447 Å². The molecule has 6 heteroatoms. The first-order chi connectivity index (χ1) is 36.0. The van der Waals surface area contributed by atoms with Crippen LogP contribution in [-0.2, 0) is 28.6 Å². The van der Waals surface area contributed by atoms with E-state index in [1.54, 1.807) is 0 Å². The van der Waals surface area contributed by atoms with Crippen LogP contribution in [0.2, 0.25) is 0 Å². The molecule has 1 unspecified atom stereocenters. The van der Waals surface area contributed by atoms with Crippen molar-refractivity contribution >= 4 is 17.9 Å². The second-order valence-electron chi connectivity index (χ2n) is 18.0. The van der Waals surface area contributed by atoms with Crippen LogP contribution in [0.1, 0.15) is 213 Å². The van der Waals surface area contributed by atoms with Crippen LogP contribution in [0.3, 0.4) is 0 Å². The number of hydrogen-bond acceptors (Lipinski definition) is 6. The van der Waals surface area contributed by atoms with Gasteiger partial charge in [-0.2, -0.15) is 0 Å². The first kappa shape index (κ1) is 67.8. The molecule has 0 fully saturated rings. The van der Waals surface area contributed by atoms with Gasteiger partial charge in [0.1, 0.15) is 13.2 Å². The Morgan fingerprint density at radius 3 is 0.849 bits per heavy atom. The maximum absolute atomic E-state index is 12.8. The minimum atomic E-state index is -0.836. The van der Waals surface area contributed by atoms with Gasteiger partial charge in [0.25, 0.3) is 0 Å². The van der Waals surface area contributed by atoms with Crippen LogP contribution in [0, 0.1) is 0 Å². The minimum absolute atomic E-state index is 0.127. The molecule has 0 aliphatic carbocycles. The lowest BCUT2D eigenvalue weighted by Crippen LogP contribution is -2.30. The van der Waals surface area contributed by atoms with Gasteiger partial charge in [-0.1, -0.05) is 229 Å². The van der Waals surface area contributed by atoms with Gasteiger partial charge >= 0.3 is 17.9 Å². The number of esters is 3. The lowest BCUT2D eigenvalue weighted by Gasteiger charge is -2.18. The summed E-state index contributed by atoms with van der Waals surface area (Å²) in [7, 11) is 0. The van der Waals surface area contributed by atoms with Crippen LogP contribution in [0.5, 0.6) is 0 Å². The third-order valence-electron chi connectivity index (χ3n) is 11.2. The van der Waals surface area contributed by atoms with E-state index in [0.717, 1.165) is 154 Å². The first-order valence-electron chi connectivity index (χ1n) is 28.6. The molecule has 0 heterocycles. The number of ether oxygens (including phenoxy) is 3. The Hall–Kier alpha value is -5.23. The zero-order chi connectivity index (χ0) is 52.9. The fourth-order valence-electron chi connectivity index (χ4n) is 7.04. The highest BCUT2D eigenvalue weighted by atomic mass is 16.6. The van der Waals surface area contributed by atoms with Gasteiger partial charge in [-0.05, 0) is 135 Å². The highest BCUT2D eigenvalue weighted by molar-refractivity contribution is 5.71. The lowest BCUT2D eigenvalue weighted by molar-refractivity contribution is -0.166. The quantitative estimate of drug-likeness (QED) is 0.0261. The van der Waals surface area contributed by atoms with E-state index < -0.39 is 6.10 Å². The molecule has 0 saturated heterocycles. The average Bonchev–Trinajstić information content (AvgIpc) is 3.39. The molecule has 0 aromatic carbocycles. The fraction of sp³-hybridized carbons (Fsp3) is 0.537. The summed E-state index contributed by atoms with van der Waals surface area (Å²) >= 11 is 0. The maximum Gasteiger partial charge on any atom is 0.306 e. The summed E-state index contributed by atoms with van der Waals surface area (Å²) in [5.74, 6) is -1.06. The third kappa shape index (κ3) is 57.5. The van der Waals surface area contributed by atoms with Crippen molar-refractivity contribution in [3.8, 4) is 0 Å². The monoisotopic (exact) mass is 1000 g/mol. The van der Waals surface area contributed by atoms with Crippen LogP contribution >= 0.6 is 0 Å². The summed E-state index contributed by atoms with van der Waals surface area (Å²) < 4.78 is 16.7. The van der Waals surface area contributed by atoms with Crippen molar-refractivity contribution in [3.63, 3.8) is 0 Å². The van der Waals surface area contributed by atoms with E-state index in [-0.39, 0.29) is 44.0 Å². The third-order valence-corrected chi connectivity index (χ3v) is 11.2. The van der Waals surface area contributed by atoms with Crippen LogP contribution in [0.4, 0.5) is 0 Å². The molecular formula is C67H102O6. The average molecular weight is 1000 g/mol. The molecule has 6 nitrogen and oxygen atoms in total. The molecule has 0 spiro atoms. The molecular weight excluding hydrogens is 901 g/mol. The van der Waals surface area contributed by atoms with Gasteiger partial charge in [0, 0.05) is 19.3 Å². The highest BCUT2D eigenvalue weighted by Gasteiger charge is 2.19. The molecule has 0 bridgehead atoms. The van der Waals surface area contributed by atoms with Crippen LogP contribution < -0.4 is 0 Å². The van der Waals surface area contributed by atoms with Crippen LogP contribution in [-0.4, -0.2) is 37.2 Å². The van der Waals surface area contributed by atoms with Gasteiger partial charge in [0.05, 0.1) is 0 Å². The normalized spacial score (nSPS) is 13.4. The van der Waals surface area contributed by atoms with E-state index in [2.05, 4.69) is 179 Å². The predicted octanol–water partition coefficient (Wildman–Crippen LogP) is 19.5. The maximum atomic E-state index is 12.8. The molecule has 0 saturated carbocycles. The van der Waals surface area contributed by atoms with E-state index in [9.17, 15) is 14.4 Å². The Balaban J connectivity index is 4.50. The van der Waals surface area contributed by atoms with E-state index in [0.29, 0.717) is 12.8 Å². The Morgan fingerprint density at radius 1 is 0.274 bits per heavy atom. The predicted molar refractivity (Wildman–Crippen MR) is 315 cm³/mol. The summed E-state index contributed by atoms with van der Waals surface area (Å²) in [6, 6.07) is 0. The molecule has 406 valence electrons. The molecule has 73 heavy (non-hydrogen) atoms. The number of carbonyl (C=O) groups excluding carboxylic acids is 3. The molecule has 1 atom stereocenters. The molecule has 0 rings (SSSR count). The fourth-order valence-corrected chi connectivity index (χ4v) is 7.04. The molecule has 0 N–H and O–H groups in total. The summed E-state index contributed by atoms with van der Waals surface area (Å²) in [5.41, 5.74) is 0. The van der Waals surface area contributed by atoms with E-state index >= 15 is 0 Å². The molecule has 0 aromatic rings. The lowest BCUT2D eigenvalue weighted by atomic mass is 10.1. The second-order valence-corrected chi connectivity index (χ2v) is 18.0. The largest absolute Gasteiger partial charge is 0.462 e. The second kappa shape index (κ2) is 59.3. The van der Waals surface area contributed by atoms with Gasteiger partial charge in [-0.3, -0.25) is 14.4 Å². The SMILES string of the molecule is CC/C=C\C/C=C\C/C=C\C/C=C\C/C=C\C/C=C\CCCCCCCCC(=O)OCC(COC(=O)CC/C=C\C/C=C\C/C=C\C/C=C\CC)OC(=O)CCCCCC/C=C\C/C=C\C/C=C\C/C=C\CC. The molecule has 0 aromatic heterocycles. The zero-order valence-electron chi connectivity index (χ0n) is 46.3. The first-order valence-corrected chi connectivity index (χ1v) is 28.6. The van der Waals surface area contributed by atoms with Gasteiger partial charge in [-0.25, -0.2) is 0 Å². The van der Waals surface area contributed by atoms with Crippen molar-refractivity contribution in [2.75, 3.05) is 13.2 Å². The topological polar surface area (TPSA) is 78.9 Å². The minimum Gasteiger partial charge on any atom is -0.462 e. The number of carbonyl (C=O) groups is 3. The summed E-state index contributed by atoms with van der Waals surface area (Å²) in [5, 5.41) is 0. The van der Waals surface area contributed by atoms with Crippen molar-refractivity contribution in [2.24, 2.45) is 0 Å².